The number of amides is 1. The van der Waals surface area contributed by atoms with Crippen molar-refractivity contribution in [2.24, 2.45) is 0 Å². The van der Waals surface area contributed by atoms with Crippen molar-refractivity contribution >= 4 is 27.6 Å². The van der Waals surface area contributed by atoms with E-state index < -0.39 is 16.0 Å². The number of hydrogen-bond acceptors (Lipinski definition) is 5. The first-order valence-electron chi connectivity index (χ1n) is 7.50. The first-order chi connectivity index (χ1) is 12.3. The number of carboxylic acid groups (broad SMARTS) is 1. The van der Waals surface area contributed by atoms with Crippen molar-refractivity contribution in [3.05, 3.63) is 53.6 Å². The Morgan fingerprint density at radius 2 is 1.88 bits per heavy atom. The standard InChI is InChI=1S/C17H18N2O6S/c1-18-17(22)12-4-3-5-13(10-12)19-26(23,24)15-8-11(9-16(20)21)6-7-14(15)25-2/h3-8,10,19H,9H2,1-2H3,(H,18,22)(H,20,21). The highest BCUT2D eigenvalue weighted by Gasteiger charge is 2.21. The van der Waals surface area contributed by atoms with Gasteiger partial charge in [-0.1, -0.05) is 12.1 Å². The van der Waals surface area contributed by atoms with E-state index in [1.165, 1.54) is 44.5 Å². The van der Waals surface area contributed by atoms with Crippen molar-refractivity contribution in [1.82, 2.24) is 5.32 Å². The fourth-order valence-corrected chi connectivity index (χ4v) is 3.56. The first-order valence-corrected chi connectivity index (χ1v) is 8.99. The van der Waals surface area contributed by atoms with Crippen molar-refractivity contribution in [1.29, 1.82) is 0 Å². The van der Waals surface area contributed by atoms with Crippen molar-refractivity contribution in [2.75, 3.05) is 18.9 Å². The van der Waals surface area contributed by atoms with Gasteiger partial charge in [-0.25, -0.2) is 8.42 Å². The van der Waals surface area contributed by atoms with Crippen LogP contribution in [-0.4, -0.2) is 39.6 Å². The van der Waals surface area contributed by atoms with E-state index >= 15 is 0 Å². The Morgan fingerprint density at radius 3 is 2.50 bits per heavy atom. The molecule has 0 radical (unpaired) electrons. The summed E-state index contributed by atoms with van der Waals surface area (Å²) in [7, 11) is -1.28. The molecule has 0 aliphatic carbocycles. The van der Waals surface area contributed by atoms with Crippen LogP contribution in [0.15, 0.2) is 47.4 Å². The molecule has 0 bridgehead atoms. The van der Waals surface area contributed by atoms with Crippen LogP contribution in [0.5, 0.6) is 5.75 Å². The highest BCUT2D eigenvalue weighted by Crippen LogP contribution is 2.27. The molecule has 0 saturated heterocycles. The summed E-state index contributed by atoms with van der Waals surface area (Å²) in [5, 5.41) is 11.3. The molecule has 26 heavy (non-hydrogen) atoms. The van der Waals surface area contributed by atoms with Crippen LogP contribution in [0.2, 0.25) is 0 Å². The van der Waals surface area contributed by atoms with Crippen LogP contribution < -0.4 is 14.8 Å². The number of benzene rings is 2. The number of sulfonamides is 1. The summed E-state index contributed by atoms with van der Waals surface area (Å²) < 4.78 is 32.9. The van der Waals surface area contributed by atoms with E-state index in [4.69, 9.17) is 9.84 Å². The summed E-state index contributed by atoms with van der Waals surface area (Å²) in [5.41, 5.74) is 0.800. The highest BCUT2D eigenvalue weighted by atomic mass is 32.2. The van der Waals surface area contributed by atoms with Crippen LogP contribution in [0, 0.1) is 0 Å². The van der Waals surface area contributed by atoms with Gasteiger partial charge in [-0.05, 0) is 35.9 Å². The van der Waals surface area contributed by atoms with E-state index in [9.17, 15) is 18.0 Å². The Morgan fingerprint density at radius 1 is 1.15 bits per heavy atom. The number of methoxy groups -OCH3 is 1. The van der Waals surface area contributed by atoms with Crippen molar-refractivity contribution in [3.63, 3.8) is 0 Å². The maximum Gasteiger partial charge on any atom is 0.307 e. The number of carboxylic acids is 1. The molecule has 2 aromatic carbocycles. The summed E-state index contributed by atoms with van der Waals surface area (Å²) >= 11 is 0. The molecule has 0 unspecified atom stereocenters. The minimum absolute atomic E-state index is 0.0779. The number of ether oxygens (including phenoxy) is 1. The molecule has 2 rings (SSSR count). The zero-order chi connectivity index (χ0) is 19.3. The predicted octanol–water partition coefficient (Wildman–Crippen LogP) is 1.48. The number of rotatable bonds is 7. The Labute approximate surface area is 150 Å². The second-order valence-electron chi connectivity index (χ2n) is 5.32. The molecule has 0 aliphatic heterocycles. The third-order valence-corrected chi connectivity index (χ3v) is 4.88. The molecule has 0 heterocycles. The number of nitrogens with one attached hydrogen (secondary N) is 2. The summed E-state index contributed by atoms with van der Waals surface area (Å²) in [6.45, 7) is 0. The summed E-state index contributed by atoms with van der Waals surface area (Å²) in [6, 6.07) is 10.1. The van der Waals surface area contributed by atoms with E-state index in [2.05, 4.69) is 10.0 Å². The molecule has 9 heteroatoms. The Hall–Kier alpha value is -3.07. The molecule has 8 nitrogen and oxygen atoms in total. The minimum atomic E-state index is -4.06. The van der Waals surface area contributed by atoms with Gasteiger partial charge in [0.25, 0.3) is 15.9 Å². The van der Waals surface area contributed by atoms with Gasteiger partial charge in [0.05, 0.1) is 13.5 Å². The molecular formula is C17H18N2O6S. The van der Waals surface area contributed by atoms with Gasteiger partial charge in [0.2, 0.25) is 0 Å². The van der Waals surface area contributed by atoms with Crippen molar-refractivity contribution < 1.29 is 27.9 Å². The minimum Gasteiger partial charge on any atom is -0.495 e. The second-order valence-corrected chi connectivity index (χ2v) is 6.97. The zero-order valence-corrected chi connectivity index (χ0v) is 15.0. The SMILES string of the molecule is CNC(=O)c1cccc(NS(=O)(=O)c2cc(CC(=O)O)ccc2OC)c1. The lowest BCUT2D eigenvalue weighted by atomic mass is 10.1. The van der Waals surface area contributed by atoms with Gasteiger partial charge in [0.15, 0.2) is 0 Å². The molecule has 0 atom stereocenters. The highest BCUT2D eigenvalue weighted by molar-refractivity contribution is 7.92. The van der Waals surface area contributed by atoms with Gasteiger partial charge in [-0.2, -0.15) is 0 Å². The van der Waals surface area contributed by atoms with Crippen LogP contribution in [-0.2, 0) is 21.2 Å². The van der Waals surface area contributed by atoms with Gasteiger partial charge >= 0.3 is 5.97 Å². The van der Waals surface area contributed by atoms with Crippen LogP contribution in [0.3, 0.4) is 0 Å². The average molecular weight is 378 g/mol. The van der Waals surface area contributed by atoms with Crippen molar-refractivity contribution in [2.45, 2.75) is 11.3 Å². The fraction of sp³-hybridized carbons (Fsp3) is 0.176. The molecule has 1 amide bonds. The number of aliphatic carboxylic acids is 1. The largest absolute Gasteiger partial charge is 0.495 e. The van der Waals surface area contributed by atoms with E-state index in [-0.39, 0.29) is 28.7 Å². The number of anilines is 1. The maximum atomic E-state index is 12.7. The Bertz CT molecular complexity index is 940. The lowest BCUT2D eigenvalue weighted by Gasteiger charge is -2.13. The lowest BCUT2D eigenvalue weighted by Crippen LogP contribution is -2.19. The second kappa shape index (κ2) is 7.87. The van der Waals surface area contributed by atoms with Crippen LogP contribution in [0.4, 0.5) is 5.69 Å². The molecule has 0 saturated carbocycles. The van der Waals surface area contributed by atoms with Gasteiger partial charge in [0.1, 0.15) is 10.6 Å². The van der Waals surface area contributed by atoms with E-state index in [1.807, 2.05) is 0 Å². The van der Waals surface area contributed by atoms with Gasteiger partial charge in [0, 0.05) is 18.3 Å². The number of carbonyl (C=O) groups is 2. The van der Waals surface area contributed by atoms with E-state index in [0.717, 1.165) is 0 Å². The normalized spacial score (nSPS) is 10.8. The van der Waals surface area contributed by atoms with Gasteiger partial charge in [-0.3, -0.25) is 14.3 Å². The quantitative estimate of drug-likeness (QED) is 0.671. The van der Waals surface area contributed by atoms with E-state index in [1.54, 1.807) is 12.1 Å². The van der Waals surface area contributed by atoms with E-state index in [0.29, 0.717) is 11.1 Å². The average Bonchev–Trinajstić information content (AvgIpc) is 2.60. The number of carbonyl (C=O) groups excluding carboxylic acids is 1. The summed E-state index contributed by atoms with van der Waals surface area (Å²) in [6.07, 6.45) is -0.321. The van der Waals surface area contributed by atoms with Crippen molar-refractivity contribution in [3.8, 4) is 5.75 Å². The molecule has 0 aliphatic rings. The lowest BCUT2D eigenvalue weighted by molar-refractivity contribution is -0.136. The fourth-order valence-electron chi connectivity index (χ4n) is 2.29. The van der Waals surface area contributed by atoms with Crippen LogP contribution >= 0.6 is 0 Å². The third-order valence-electron chi connectivity index (χ3n) is 3.48. The van der Waals surface area contributed by atoms with Crippen LogP contribution in [0.1, 0.15) is 15.9 Å². The first kappa shape index (κ1) is 19.3. The zero-order valence-electron chi connectivity index (χ0n) is 14.1. The third kappa shape index (κ3) is 4.51. The molecule has 2 aromatic rings. The summed E-state index contributed by atoms with van der Waals surface area (Å²) in [5.74, 6) is -1.36. The van der Waals surface area contributed by atoms with Crippen LogP contribution in [0.25, 0.3) is 0 Å². The molecule has 0 aromatic heterocycles. The molecule has 0 fully saturated rings. The smallest absolute Gasteiger partial charge is 0.307 e. The molecule has 3 N–H and O–H groups in total. The Balaban J connectivity index is 2.41. The maximum absolute atomic E-state index is 12.7. The van der Waals surface area contributed by atoms with Gasteiger partial charge < -0.3 is 15.2 Å². The number of hydrogen-bond donors (Lipinski definition) is 3. The molecule has 138 valence electrons. The van der Waals surface area contributed by atoms with Gasteiger partial charge in [-0.15, -0.1) is 0 Å². The Kier molecular flexibility index (Phi) is 5.83. The molecule has 0 spiro atoms. The predicted molar refractivity (Wildman–Crippen MR) is 95.0 cm³/mol. The monoisotopic (exact) mass is 378 g/mol. The summed E-state index contributed by atoms with van der Waals surface area (Å²) in [4.78, 5) is 22.4. The topological polar surface area (TPSA) is 122 Å². The molecular weight excluding hydrogens is 360 g/mol.